The van der Waals surface area contributed by atoms with Crippen molar-refractivity contribution in [2.24, 2.45) is 0 Å². The molecule has 0 spiro atoms. The van der Waals surface area contributed by atoms with Crippen molar-refractivity contribution >= 4 is 17.9 Å². The minimum Gasteiger partial charge on any atom is -0.462 e. The zero-order chi connectivity index (χ0) is 46.5. The van der Waals surface area contributed by atoms with E-state index in [4.69, 9.17) is 14.2 Å². The Hall–Kier alpha value is -1.85. The summed E-state index contributed by atoms with van der Waals surface area (Å²) in [7, 11) is 0. The number of allylic oxidation sites excluding steroid dienone is 2. The van der Waals surface area contributed by atoms with Crippen LogP contribution in [0, 0.1) is 0 Å². The van der Waals surface area contributed by atoms with E-state index in [0.29, 0.717) is 19.3 Å². The van der Waals surface area contributed by atoms with E-state index in [9.17, 15) is 14.4 Å². The predicted molar refractivity (Wildman–Crippen MR) is 275 cm³/mol. The van der Waals surface area contributed by atoms with Crippen LogP contribution in [0.15, 0.2) is 12.2 Å². The quantitative estimate of drug-likeness (QED) is 0.0262. The maximum Gasteiger partial charge on any atom is 0.306 e. The van der Waals surface area contributed by atoms with Crippen LogP contribution in [0.25, 0.3) is 0 Å². The molecule has 0 aromatic heterocycles. The standard InChI is InChI=1S/C58H110O6/c1-4-7-10-13-16-19-22-25-28-31-33-36-39-42-45-48-51-57(60)63-54-55(64-58(61)52-49-46-43-40-37-34-30-27-24-21-18-15-12-9-6-3)53-62-56(59)50-47-44-41-38-35-32-29-26-23-20-17-14-11-8-5-2/h21,24,55H,4-20,22-23,25-54H2,1-3H3/b24-21-. The molecule has 6 nitrogen and oxygen atoms in total. The maximum absolute atomic E-state index is 12.8. The second-order valence-electron chi connectivity index (χ2n) is 19.6. The van der Waals surface area contributed by atoms with Crippen molar-refractivity contribution in [1.29, 1.82) is 0 Å². The first kappa shape index (κ1) is 62.1. The van der Waals surface area contributed by atoms with Gasteiger partial charge in [0.2, 0.25) is 0 Å². The summed E-state index contributed by atoms with van der Waals surface area (Å²) in [6.45, 7) is 6.68. The third kappa shape index (κ3) is 51.1. The molecule has 0 rings (SSSR count). The van der Waals surface area contributed by atoms with Gasteiger partial charge in [-0.3, -0.25) is 14.4 Å². The maximum atomic E-state index is 12.8. The Kier molecular flexibility index (Phi) is 52.2. The molecule has 0 saturated carbocycles. The average Bonchev–Trinajstić information content (AvgIpc) is 3.29. The highest BCUT2D eigenvalue weighted by Crippen LogP contribution is 2.17. The Labute approximate surface area is 399 Å². The van der Waals surface area contributed by atoms with Gasteiger partial charge in [0, 0.05) is 19.3 Å². The Bertz CT molecular complexity index is 993. The molecule has 0 heterocycles. The lowest BCUT2D eigenvalue weighted by Crippen LogP contribution is -2.30. The normalized spacial score (nSPS) is 12.0. The van der Waals surface area contributed by atoms with Gasteiger partial charge in [0.15, 0.2) is 6.10 Å². The molecular formula is C58H110O6. The number of carbonyl (C=O) groups is 3. The van der Waals surface area contributed by atoms with Crippen LogP contribution in [0.3, 0.4) is 0 Å². The molecule has 0 aliphatic carbocycles. The lowest BCUT2D eigenvalue weighted by Gasteiger charge is -2.18. The first-order chi connectivity index (χ1) is 31.5. The summed E-state index contributed by atoms with van der Waals surface area (Å²) in [5.74, 6) is -0.846. The molecule has 0 bridgehead atoms. The van der Waals surface area contributed by atoms with Gasteiger partial charge in [0.05, 0.1) is 0 Å². The van der Waals surface area contributed by atoms with Gasteiger partial charge in [0.25, 0.3) is 0 Å². The summed E-state index contributed by atoms with van der Waals surface area (Å²) in [5, 5.41) is 0. The van der Waals surface area contributed by atoms with E-state index in [-0.39, 0.29) is 31.1 Å². The summed E-state index contributed by atoms with van der Waals surface area (Å²) in [4.78, 5) is 38.1. The largest absolute Gasteiger partial charge is 0.462 e. The van der Waals surface area contributed by atoms with Crippen molar-refractivity contribution < 1.29 is 28.6 Å². The van der Waals surface area contributed by atoms with Crippen LogP contribution in [0.5, 0.6) is 0 Å². The third-order valence-corrected chi connectivity index (χ3v) is 13.0. The highest BCUT2D eigenvalue weighted by Gasteiger charge is 2.19. The zero-order valence-corrected chi connectivity index (χ0v) is 43.3. The molecule has 1 unspecified atom stereocenters. The minimum atomic E-state index is -0.766. The molecule has 0 aromatic carbocycles. The second-order valence-corrected chi connectivity index (χ2v) is 19.6. The van der Waals surface area contributed by atoms with Crippen molar-refractivity contribution in [3.63, 3.8) is 0 Å². The van der Waals surface area contributed by atoms with Gasteiger partial charge in [-0.15, -0.1) is 0 Å². The van der Waals surface area contributed by atoms with Gasteiger partial charge in [0.1, 0.15) is 13.2 Å². The van der Waals surface area contributed by atoms with Crippen LogP contribution < -0.4 is 0 Å². The number of rotatable bonds is 53. The van der Waals surface area contributed by atoms with E-state index >= 15 is 0 Å². The summed E-state index contributed by atoms with van der Waals surface area (Å²) in [5.41, 5.74) is 0. The molecule has 1 atom stereocenters. The zero-order valence-electron chi connectivity index (χ0n) is 43.3. The number of unbranched alkanes of at least 4 members (excludes halogenated alkanes) is 40. The van der Waals surface area contributed by atoms with Crippen LogP contribution in [0.4, 0.5) is 0 Å². The van der Waals surface area contributed by atoms with Gasteiger partial charge >= 0.3 is 17.9 Å². The SMILES string of the molecule is CCCCCC/C=C\CCCCCCCCCC(=O)OC(COC(=O)CCCCCCCCCCCCCCCCC)COC(=O)CCCCCCCCCCCCCCCCCC. The molecule has 0 aliphatic rings. The summed E-state index contributed by atoms with van der Waals surface area (Å²) < 4.78 is 16.9. The number of hydrogen-bond acceptors (Lipinski definition) is 6. The van der Waals surface area contributed by atoms with Gasteiger partial charge in [-0.2, -0.15) is 0 Å². The first-order valence-corrected chi connectivity index (χ1v) is 28.7. The monoisotopic (exact) mass is 903 g/mol. The van der Waals surface area contributed by atoms with Crippen molar-refractivity contribution in [1.82, 2.24) is 0 Å². The molecular weight excluding hydrogens is 793 g/mol. The van der Waals surface area contributed by atoms with Gasteiger partial charge < -0.3 is 14.2 Å². The van der Waals surface area contributed by atoms with E-state index in [1.165, 1.54) is 225 Å². The lowest BCUT2D eigenvalue weighted by molar-refractivity contribution is -0.167. The van der Waals surface area contributed by atoms with Crippen molar-refractivity contribution in [3.8, 4) is 0 Å². The Morgan fingerprint density at radius 3 is 0.797 bits per heavy atom. The molecule has 0 amide bonds. The van der Waals surface area contributed by atoms with Crippen LogP contribution in [-0.2, 0) is 28.6 Å². The van der Waals surface area contributed by atoms with Crippen LogP contribution >= 0.6 is 0 Å². The van der Waals surface area contributed by atoms with Crippen LogP contribution in [-0.4, -0.2) is 37.2 Å². The average molecular weight is 904 g/mol. The van der Waals surface area contributed by atoms with Gasteiger partial charge in [-0.25, -0.2) is 0 Å². The molecule has 0 aromatic rings. The van der Waals surface area contributed by atoms with E-state index in [0.717, 1.165) is 57.8 Å². The van der Waals surface area contributed by atoms with Gasteiger partial charge in [-0.05, 0) is 44.9 Å². The Balaban J connectivity index is 4.32. The van der Waals surface area contributed by atoms with Crippen molar-refractivity contribution in [2.75, 3.05) is 13.2 Å². The third-order valence-electron chi connectivity index (χ3n) is 13.0. The van der Waals surface area contributed by atoms with Crippen LogP contribution in [0.1, 0.15) is 323 Å². The lowest BCUT2D eigenvalue weighted by atomic mass is 10.0. The molecule has 64 heavy (non-hydrogen) atoms. The number of esters is 3. The Morgan fingerprint density at radius 2 is 0.516 bits per heavy atom. The molecule has 0 saturated heterocycles. The van der Waals surface area contributed by atoms with Crippen molar-refractivity contribution in [3.05, 3.63) is 12.2 Å². The van der Waals surface area contributed by atoms with Gasteiger partial charge in [-0.1, -0.05) is 270 Å². The molecule has 0 radical (unpaired) electrons. The topological polar surface area (TPSA) is 78.9 Å². The molecule has 6 heteroatoms. The summed E-state index contributed by atoms with van der Waals surface area (Å²) >= 11 is 0. The molecule has 0 N–H and O–H groups in total. The minimum absolute atomic E-state index is 0.0658. The van der Waals surface area contributed by atoms with E-state index in [1.807, 2.05) is 0 Å². The molecule has 378 valence electrons. The van der Waals surface area contributed by atoms with Crippen molar-refractivity contribution in [2.45, 2.75) is 329 Å². The summed E-state index contributed by atoms with van der Waals surface area (Å²) in [6.07, 6.45) is 60.5. The fraction of sp³-hybridized carbons (Fsp3) is 0.914. The highest BCUT2D eigenvalue weighted by atomic mass is 16.6. The number of carbonyl (C=O) groups excluding carboxylic acids is 3. The fourth-order valence-electron chi connectivity index (χ4n) is 8.68. The predicted octanol–water partition coefficient (Wildman–Crippen LogP) is 18.9. The first-order valence-electron chi connectivity index (χ1n) is 28.7. The number of ether oxygens (including phenoxy) is 3. The van der Waals surface area contributed by atoms with E-state index < -0.39 is 6.10 Å². The molecule has 0 fully saturated rings. The van der Waals surface area contributed by atoms with Crippen LogP contribution in [0.2, 0.25) is 0 Å². The Morgan fingerprint density at radius 1 is 0.297 bits per heavy atom. The van der Waals surface area contributed by atoms with E-state index in [2.05, 4.69) is 32.9 Å². The smallest absolute Gasteiger partial charge is 0.306 e. The summed E-state index contributed by atoms with van der Waals surface area (Å²) in [6, 6.07) is 0. The molecule has 0 aliphatic heterocycles. The second kappa shape index (κ2) is 53.8. The fourth-order valence-corrected chi connectivity index (χ4v) is 8.68. The van der Waals surface area contributed by atoms with E-state index in [1.54, 1.807) is 0 Å². The highest BCUT2D eigenvalue weighted by molar-refractivity contribution is 5.71. The number of hydrogen-bond donors (Lipinski definition) is 0.